The fraction of sp³-hybridized carbons (Fsp3) is 0.350. The number of nitrogens with zero attached hydrogens (tertiary/aromatic N) is 1. The maximum Gasteiger partial charge on any atom is 0.298 e. The number of carbonyl (C=O) groups is 1. The minimum atomic E-state index is -0.487. The molecule has 27 heavy (non-hydrogen) atoms. The number of Topliss-reactive ketones (excluding diaryl/α,β-unsaturated/α-hetero) is 1. The van der Waals surface area contributed by atoms with Gasteiger partial charge in [-0.2, -0.15) is 4.98 Å². The van der Waals surface area contributed by atoms with Gasteiger partial charge in [-0.3, -0.25) is 14.6 Å². The van der Waals surface area contributed by atoms with Crippen molar-refractivity contribution >= 4 is 23.2 Å². The number of H-pyrrole nitrogens is 1. The first-order valence-corrected chi connectivity index (χ1v) is 9.14. The normalized spacial score (nSPS) is 20.6. The van der Waals surface area contributed by atoms with Crippen molar-refractivity contribution in [2.75, 3.05) is 12.4 Å². The Morgan fingerprint density at radius 1 is 1.19 bits per heavy atom. The number of methoxy groups -OCH3 is 1. The molecule has 6 nitrogen and oxygen atoms in total. The number of carbonyl (C=O) groups excluding carboxylic acids is 1. The average Bonchev–Trinajstić information content (AvgIpc) is 2.59. The Balaban J connectivity index is 1.97. The second-order valence-electron chi connectivity index (χ2n) is 7.78. The zero-order valence-electron chi connectivity index (χ0n) is 15.4. The van der Waals surface area contributed by atoms with Crippen molar-refractivity contribution in [3.8, 4) is 6.01 Å². The lowest BCUT2D eigenvalue weighted by Crippen LogP contribution is -2.36. The molecule has 0 saturated carbocycles. The molecule has 4 rings (SSSR count). The van der Waals surface area contributed by atoms with Crippen molar-refractivity contribution in [1.82, 2.24) is 9.97 Å². The van der Waals surface area contributed by atoms with E-state index in [0.717, 1.165) is 11.3 Å². The van der Waals surface area contributed by atoms with Gasteiger partial charge in [-0.1, -0.05) is 37.6 Å². The second kappa shape index (κ2) is 6.23. The number of anilines is 1. The molecule has 7 heteroatoms. The molecule has 1 aliphatic heterocycles. The molecule has 1 atom stereocenters. The summed E-state index contributed by atoms with van der Waals surface area (Å²) in [6.07, 6.45) is 1.14. The van der Waals surface area contributed by atoms with Crippen LogP contribution in [-0.2, 0) is 4.79 Å². The van der Waals surface area contributed by atoms with Gasteiger partial charge in [0, 0.05) is 28.6 Å². The number of nitrogens with one attached hydrogen (secondary N) is 2. The number of ketones is 1. The lowest BCUT2D eigenvalue weighted by atomic mass is 9.69. The maximum atomic E-state index is 13.1. The molecule has 0 fully saturated rings. The Bertz CT molecular complexity index is 1020. The first kappa shape index (κ1) is 17.8. The highest BCUT2D eigenvalue weighted by molar-refractivity contribution is 6.30. The Labute approximate surface area is 161 Å². The zero-order chi connectivity index (χ0) is 19.3. The predicted octanol–water partition coefficient (Wildman–Crippen LogP) is 3.63. The van der Waals surface area contributed by atoms with Crippen LogP contribution in [0.1, 0.15) is 43.7 Å². The van der Waals surface area contributed by atoms with E-state index in [0.29, 0.717) is 34.8 Å². The minimum absolute atomic E-state index is 0.0505. The molecule has 1 aromatic carbocycles. The number of aromatic amines is 1. The first-order chi connectivity index (χ1) is 12.8. The van der Waals surface area contributed by atoms with Crippen molar-refractivity contribution < 1.29 is 9.53 Å². The monoisotopic (exact) mass is 385 g/mol. The third-order valence-electron chi connectivity index (χ3n) is 5.10. The van der Waals surface area contributed by atoms with E-state index in [4.69, 9.17) is 16.3 Å². The number of rotatable bonds is 2. The van der Waals surface area contributed by atoms with E-state index in [1.54, 1.807) is 12.1 Å². The molecular weight excluding hydrogens is 366 g/mol. The van der Waals surface area contributed by atoms with Crippen molar-refractivity contribution in [3.05, 3.63) is 62.0 Å². The summed E-state index contributed by atoms with van der Waals surface area (Å²) in [7, 11) is 1.45. The van der Waals surface area contributed by atoms with Gasteiger partial charge in [0.25, 0.3) is 11.6 Å². The van der Waals surface area contributed by atoms with Crippen LogP contribution in [-0.4, -0.2) is 22.9 Å². The van der Waals surface area contributed by atoms with Crippen molar-refractivity contribution in [2.24, 2.45) is 5.41 Å². The van der Waals surface area contributed by atoms with Gasteiger partial charge in [-0.25, -0.2) is 0 Å². The summed E-state index contributed by atoms with van der Waals surface area (Å²) in [5.41, 5.74) is 2.24. The topological polar surface area (TPSA) is 84.1 Å². The van der Waals surface area contributed by atoms with Crippen LogP contribution in [0.3, 0.4) is 0 Å². The van der Waals surface area contributed by atoms with E-state index in [1.165, 1.54) is 7.11 Å². The Hall–Kier alpha value is -2.60. The van der Waals surface area contributed by atoms with Crippen molar-refractivity contribution in [1.29, 1.82) is 0 Å². The number of ether oxygens (including phenoxy) is 1. The smallest absolute Gasteiger partial charge is 0.298 e. The molecule has 1 aromatic heterocycles. The molecule has 0 saturated heterocycles. The quantitative estimate of drug-likeness (QED) is 0.824. The molecule has 2 N–H and O–H groups in total. The molecule has 2 heterocycles. The highest BCUT2D eigenvalue weighted by atomic mass is 35.5. The Morgan fingerprint density at radius 3 is 2.56 bits per heavy atom. The van der Waals surface area contributed by atoms with E-state index in [2.05, 4.69) is 29.1 Å². The van der Waals surface area contributed by atoms with Gasteiger partial charge in [0.1, 0.15) is 5.82 Å². The summed E-state index contributed by atoms with van der Waals surface area (Å²) in [5, 5.41) is 3.83. The van der Waals surface area contributed by atoms with Crippen LogP contribution in [0.2, 0.25) is 5.02 Å². The molecular formula is C20H20ClN3O3. The van der Waals surface area contributed by atoms with Gasteiger partial charge in [-0.15, -0.1) is 0 Å². The molecule has 140 valence electrons. The summed E-state index contributed by atoms with van der Waals surface area (Å²) < 4.78 is 5.11. The van der Waals surface area contributed by atoms with Crippen LogP contribution in [0.15, 0.2) is 40.3 Å². The molecule has 0 bridgehead atoms. The number of benzene rings is 1. The van der Waals surface area contributed by atoms with Gasteiger partial charge in [0.15, 0.2) is 5.78 Å². The maximum absolute atomic E-state index is 13.1. The number of fused-ring (bicyclic) bond motifs is 1. The van der Waals surface area contributed by atoms with E-state index >= 15 is 0 Å². The van der Waals surface area contributed by atoms with E-state index in [9.17, 15) is 9.59 Å². The highest BCUT2D eigenvalue weighted by Crippen LogP contribution is 2.47. The standard InChI is InChI=1S/C20H20ClN3O3/c1-20(2)8-12-15(13(25)9-20)14(10-4-6-11(21)7-5-10)16-17(22-12)23-19(27-3)24-18(16)26/h4-7,14H,8-9H2,1-3H3,(H2,22,23,24,26). The predicted molar refractivity (Wildman–Crippen MR) is 103 cm³/mol. The van der Waals surface area contributed by atoms with E-state index in [-0.39, 0.29) is 22.8 Å². The van der Waals surface area contributed by atoms with Crippen molar-refractivity contribution in [3.63, 3.8) is 0 Å². The summed E-state index contributed by atoms with van der Waals surface area (Å²) in [6, 6.07) is 7.36. The van der Waals surface area contributed by atoms with Crippen LogP contribution >= 0.6 is 11.6 Å². The Kier molecular flexibility index (Phi) is 4.11. The van der Waals surface area contributed by atoms with Gasteiger partial charge in [0.05, 0.1) is 12.7 Å². The van der Waals surface area contributed by atoms with Crippen LogP contribution in [0.5, 0.6) is 6.01 Å². The third kappa shape index (κ3) is 3.04. The van der Waals surface area contributed by atoms with Gasteiger partial charge in [0.2, 0.25) is 0 Å². The van der Waals surface area contributed by atoms with E-state index in [1.807, 2.05) is 12.1 Å². The molecule has 2 aromatic rings. The molecule has 0 spiro atoms. The average molecular weight is 386 g/mol. The fourth-order valence-corrected chi connectivity index (χ4v) is 4.10. The molecule has 1 unspecified atom stereocenters. The van der Waals surface area contributed by atoms with Crippen molar-refractivity contribution in [2.45, 2.75) is 32.6 Å². The molecule has 1 aliphatic carbocycles. The molecule has 0 radical (unpaired) electrons. The number of hydrogen-bond acceptors (Lipinski definition) is 5. The minimum Gasteiger partial charge on any atom is -0.468 e. The fourth-order valence-electron chi connectivity index (χ4n) is 3.98. The van der Waals surface area contributed by atoms with Crippen LogP contribution in [0.25, 0.3) is 0 Å². The number of hydrogen-bond donors (Lipinski definition) is 2. The summed E-state index contributed by atoms with van der Waals surface area (Å²) in [5.74, 6) is -0.00589. The van der Waals surface area contributed by atoms with Crippen LogP contribution in [0.4, 0.5) is 5.82 Å². The molecule has 0 amide bonds. The zero-order valence-corrected chi connectivity index (χ0v) is 16.1. The summed E-state index contributed by atoms with van der Waals surface area (Å²) in [4.78, 5) is 32.9. The lowest BCUT2D eigenvalue weighted by Gasteiger charge is -2.38. The Morgan fingerprint density at radius 2 is 1.89 bits per heavy atom. The van der Waals surface area contributed by atoms with E-state index < -0.39 is 5.92 Å². The largest absolute Gasteiger partial charge is 0.468 e. The van der Waals surface area contributed by atoms with Gasteiger partial charge >= 0.3 is 0 Å². The number of halogens is 1. The number of allylic oxidation sites excluding steroid dienone is 2. The number of aromatic nitrogens is 2. The SMILES string of the molecule is COc1nc2c(c(=O)[nH]1)C(c1ccc(Cl)cc1)C1=C(CC(C)(C)CC1=O)N2. The second-order valence-corrected chi connectivity index (χ2v) is 8.22. The first-order valence-electron chi connectivity index (χ1n) is 8.76. The highest BCUT2D eigenvalue weighted by Gasteiger charge is 2.42. The lowest BCUT2D eigenvalue weighted by molar-refractivity contribution is -0.118. The third-order valence-corrected chi connectivity index (χ3v) is 5.35. The van der Waals surface area contributed by atoms with Crippen LogP contribution < -0.4 is 15.6 Å². The molecule has 2 aliphatic rings. The van der Waals surface area contributed by atoms with Crippen LogP contribution in [0, 0.1) is 5.41 Å². The van der Waals surface area contributed by atoms with Gasteiger partial charge in [-0.05, 0) is 29.5 Å². The summed E-state index contributed by atoms with van der Waals surface area (Å²) in [6.45, 7) is 4.13. The van der Waals surface area contributed by atoms with Gasteiger partial charge < -0.3 is 10.1 Å². The summed E-state index contributed by atoms with van der Waals surface area (Å²) >= 11 is 6.04.